The summed E-state index contributed by atoms with van der Waals surface area (Å²) in [5, 5.41) is 11.1. The van der Waals surface area contributed by atoms with Crippen molar-refractivity contribution in [2.75, 3.05) is 13.7 Å². The first-order chi connectivity index (χ1) is 11.3. The molecule has 1 saturated carbocycles. The van der Waals surface area contributed by atoms with Crippen molar-refractivity contribution in [3.63, 3.8) is 0 Å². The molecule has 0 aliphatic heterocycles. The lowest BCUT2D eigenvalue weighted by Crippen LogP contribution is -2.52. The molecule has 0 spiro atoms. The predicted octanol–water partition coefficient (Wildman–Crippen LogP) is 0.288. The van der Waals surface area contributed by atoms with E-state index in [1.54, 1.807) is 0 Å². The standard InChI is InChI=1S/C16H28N2O6/c1-9-5-4-6-10(2)14(9)24-8-12(16(22)23-3)18-15(21)11(17)7-13(19)20/h9-12,14H,4-8,17H2,1-3H3,(H,18,21)(H,19,20)/t9?,10?,11-,12-,14?/m0/s1. The van der Waals surface area contributed by atoms with E-state index >= 15 is 0 Å². The topological polar surface area (TPSA) is 128 Å². The normalized spacial score (nSPS) is 26.2. The smallest absolute Gasteiger partial charge is 0.330 e. The van der Waals surface area contributed by atoms with Crippen LogP contribution in [0, 0.1) is 11.8 Å². The molecule has 0 bridgehead atoms. The third kappa shape index (κ3) is 6.09. The molecule has 24 heavy (non-hydrogen) atoms. The number of rotatable bonds is 8. The van der Waals surface area contributed by atoms with Crippen molar-refractivity contribution >= 4 is 17.8 Å². The van der Waals surface area contributed by atoms with E-state index in [0.717, 1.165) is 19.3 Å². The van der Waals surface area contributed by atoms with Gasteiger partial charge in [0.15, 0.2) is 6.04 Å². The minimum absolute atomic E-state index is 0.00972. The van der Waals surface area contributed by atoms with E-state index < -0.39 is 36.4 Å². The number of ether oxygens (including phenoxy) is 2. The summed E-state index contributed by atoms with van der Waals surface area (Å²) in [4.78, 5) is 34.4. The van der Waals surface area contributed by atoms with Crippen LogP contribution in [0.3, 0.4) is 0 Å². The Morgan fingerprint density at radius 2 is 1.83 bits per heavy atom. The van der Waals surface area contributed by atoms with Gasteiger partial charge in [-0.3, -0.25) is 9.59 Å². The van der Waals surface area contributed by atoms with Crippen molar-refractivity contribution in [2.45, 2.75) is 57.7 Å². The van der Waals surface area contributed by atoms with Gasteiger partial charge < -0.3 is 25.6 Å². The molecule has 8 heteroatoms. The highest BCUT2D eigenvalue weighted by atomic mass is 16.5. The van der Waals surface area contributed by atoms with E-state index in [1.165, 1.54) is 7.11 Å². The number of hydrogen-bond donors (Lipinski definition) is 3. The van der Waals surface area contributed by atoms with Gasteiger partial charge in [-0.1, -0.05) is 20.3 Å². The maximum absolute atomic E-state index is 11.9. The fourth-order valence-electron chi connectivity index (χ4n) is 3.06. The van der Waals surface area contributed by atoms with E-state index in [0.29, 0.717) is 11.8 Å². The Kier molecular flexibility index (Phi) is 8.14. The zero-order valence-electron chi connectivity index (χ0n) is 14.5. The molecule has 0 aromatic rings. The second-order valence-corrected chi connectivity index (χ2v) is 6.47. The molecule has 1 rings (SSSR count). The molecule has 4 atom stereocenters. The highest BCUT2D eigenvalue weighted by Gasteiger charge is 2.31. The van der Waals surface area contributed by atoms with Crippen LogP contribution in [0.4, 0.5) is 0 Å². The Hall–Kier alpha value is -1.67. The average molecular weight is 344 g/mol. The van der Waals surface area contributed by atoms with Crippen LogP contribution in [0.1, 0.15) is 39.5 Å². The SMILES string of the molecule is COC(=O)[C@H](COC1C(C)CCCC1C)NC(=O)[C@@H](N)CC(=O)O. The number of nitrogens with two attached hydrogens (primary N) is 1. The lowest BCUT2D eigenvalue weighted by atomic mass is 9.80. The summed E-state index contributed by atoms with van der Waals surface area (Å²) in [6.07, 6.45) is 2.78. The van der Waals surface area contributed by atoms with Crippen molar-refractivity contribution in [1.82, 2.24) is 5.32 Å². The third-order valence-electron chi connectivity index (χ3n) is 4.43. The lowest BCUT2D eigenvalue weighted by molar-refractivity contribution is -0.149. The van der Waals surface area contributed by atoms with E-state index in [1.807, 2.05) is 0 Å². The maximum atomic E-state index is 11.9. The van der Waals surface area contributed by atoms with Gasteiger partial charge in [-0.05, 0) is 24.7 Å². The molecule has 0 aromatic carbocycles. The number of carbonyl (C=O) groups is 3. The fourth-order valence-corrected chi connectivity index (χ4v) is 3.06. The van der Waals surface area contributed by atoms with Crippen molar-refractivity contribution in [3.05, 3.63) is 0 Å². The Balaban J connectivity index is 2.63. The van der Waals surface area contributed by atoms with Crippen molar-refractivity contribution in [1.29, 1.82) is 0 Å². The Bertz CT molecular complexity index is 446. The van der Waals surface area contributed by atoms with Gasteiger partial charge in [0.25, 0.3) is 0 Å². The monoisotopic (exact) mass is 344 g/mol. The largest absolute Gasteiger partial charge is 0.481 e. The summed E-state index contributed by atoms with van der Waals surface area (Å²) < 4.78 is 10.6. The first kappa shape index (κ1) is 20.4. The van der Waals surface area contributed by atoms with Crippen molar-refractivity contribution in [2.24, 2.45) is 17.6 Å². The average Bonchev–Trinajstić information content (AvgIpc) is 2.51. The van der Waals surface area contributed by atoms with Gasteiger partial charge in [0.1, 0.15) is 0 Å². The molecular weight excluding hydrogens is 316 g/mol. The van der Waals surface area contributed by atoms with E-state index in [-0.39, 0.29) is 12.7 Å². The van der Waals surface area contributed by atoms with Gasteiger partial charge in [0.2, 0.25) is 5.91 Å². The summed E-state index contributed by atoms with van der Waals surface area (Å²) in [7, 11) is 1.21. The number of carboxylic acid groups (broad SMARTS) is 1. The van der Waals surface area contributed by atoms with Crippen LogP contribution in [-0.4, -0.2) is 54.9 Å². The van der Waals surface area contributed by atoms with Gasteiger partial charge in [0, 0.05) is 0 Å². The van der Waals surface area contributed by atoms with Gasteiger partial charge >= 0.3 is 11.9 Å². The van der Waals surface area contributed by atoms with Crippen LogP contribution in [0.25, 0.3) is 0 Å². The number of carboxylic acids is 1. The second kappa shape index (κ2) is 9.58. The Morgan fingerprint density at radius 3 is 2.33 bits per heavy atom. The van der Waals surface area contributed by atoms with Crippen LogP contribution >= 0.6 is 0 Å². The molecule has 1 fully saturated rings. The minimum Gasteiger partial charge on any atom is -0.481 e. The molecule has 0 heterocycles. The van der Waals surface area contributed by atoms with Gasteiger partial charge in [0.05, 0.1) is 32.3 Å². The summed E-state index contributed by atoms with van der Waals surface area (Å²) in [5.74, 6) is -1.81. The summed E-state index contributed by atoms with van der Waals surface area (Å²) in [6, 6.07) is -2.24. The molecule has 138 valence electrons. The molecule has 4 N–H and O–H groups in total. The molecule has 0 aromatic heterocycles. The highest BCUT2D eigenvalue weighted by molar-refractivity contribution is 5.89. The Morgan fingerprint density at radius 1 is 1.25 bits per heavy atom. The molecule has 0 radical (unpaired) electrons. The minimum atomic E-state index is -1.23. The van der Waals surface area contributed by atoms with Crippen LogP contribution in [0.15, 0.2) is 0 Å². The molecule has 2 unspecified atom stereocenters. The predicted molar refractivity (Wildman–Crippen MR) is 86.1 cm³/mol. The van der Waals surface area contributed by atoms with E-state index in [4.69, 9.17) is 15.6 Å². The molecule has 1 aliphatic carbocycles. The number of esters is 1. The maximum Gasteiger partial charge on any atom is 0.330 e. The van der Waals surface area contributed by atoms with Crippen LogP contribution in [-0.2, 0) is 23.9 Å². The summed E-state index contributed by atoms with van der Waals surface area (Å²) >= 11 is 0. The van der Waals surface area contributed by atoms with Gasteiger partial charge in [-0.25, -0.2) is 4.79 Å². The first-order valence-corrected chi connectivity index (χ1v) is 8.23. The molecule has 1 amide bonds. The summed E-state index contributed by atoms with van der Waals surface area (Å²) in [5.41, 5.74) is 5.51. The Labute approximate surface area is 142 Å². The number of aliphatic carboxylic acids is 1. The van der Waals surface area contributed by atoms with Crippen LogP contribution in [0.5, 0.6) is 0 Å². The second-order valence-electron chi connectivity index (χ2n) is 6.47. The van der Waals surface area contributed by atoms with Crippen molar-refractivity contribution in [3.8, 4) is 0 Å². The number of hydrogen-bond acceptors (Lipinski definition) is 6. The first-order valence-electron chi connectivity index (χ1n) is 8.23. The molecule has 8 nitrogen and oxygen atoms in total. The van der Waals surface area contributed by atoms with Gasteiger partial charge in [-0.15, -0.1) is 0 Å². The zero-order chi connectivity index (χ0) is 18.3. The number of methoxy groups -OCH3 is 1. The van der Waals surface area contributed by atoms with Crippen molar-refractivity contribution < 1.29 is 29.0 Å². The van der Waals surface area contributed by atoms with E-state index in [2.05, 4.69) is 23.9 Å². The lowest BCUT2D eigenvalue weighted by Gasteiger charge is -2.35. The molecule has 0 saturated heterocycles. The highest BCUT2D eigenvalue weighted by Crippen LogP contribution is 2.31. The summed E-state index contributed by atoms with van der Waals surface area (Å²) in [6.45, 7) is 4.18. The van der Waals surface area contributed by atoms with E-state index in [9.17, 15) is 14.4 Å². The molecule has 1 aliphatic rings. The fraction of sp³-hybridized carbons (Fsp3) is 0.812. The zero-order valence-corrected chi connectivity index (χ0v) is 14.5. The van der Waals surface area contributed by atoms with Gasteiger partial charge in [-0.2, -0.15) is 0 Å². The van der Waals surface area contributed by atoms with Crippen LogP contribution < -0.4 is 11.1 Å². The quantitative estimate of drug-likeness (QED) is 0.540. The number of amides is 1. The third-order valence-corrected chi connectivity index (χ3v) is 4.43. The van der Waals surface area contributed by atoms with Crippen LogP contribution in [0.2, 0.25) is 0 Å². The molecular formula is C16H28N2O6. The number of carbonyl (C=O) groups excluding carboxylic acids is 2. The number of nitrogens with one attached hydrogen (secondary N) is 1.